The standard InChI is InChI=1S/C15H10Cl2N2O2S/c16-11-5-6-15(13(17)8-11)22(20,21)19-12-7-10-3-1-2-4-14(10)18-9-12/h1-9,19H. The van der Waals surface area contributed by atoms with Gasteiger partial charge < -0.3 is 0 Å². The number of sulfonamides is 1. The van der Waals surface area contributed by atoms with Crippen molar-refractivity contribution in [2.75, 3.05) is 4.72 Å². The summed E-state index contributed by atoms with van der Waals surface area (Å²) in [5.74, 6) is 0. The second-order valence-corrected chi connectivity index (χ2v) is 7.09. The number of nitrogens with zero attached hydrogens (tertiary/aromatic N) is 1. The van der Waals surface area contributed by atoms with Gasteiger partial charge in [-0.25, -0.2) is 8.42 Å². The molecule has 0 fully saturated rings. The summed E-state index contributed by atoms with van der Waals surface area (Å²) >= 11 is 11.7. The monoisotopic (exact) mass is 352 g/mol. The summed E-state index contributed by atoms with van der Waals surface area (Å²) in [6, 6.07) is 13.4. The number of rotatable bonds is 3. The van der Waals surface area contributed by atoms with Gasteiger partial charge in [0.25, 0.3) is 10.0 Å². The molecular weight excluding hydrogens is 343 g/mol. The van der Waals surface area contributed by atoms with Gasteiger partial charge in [-0.2, -0.15) is 0 Å². The van der Waals surface area contributed by atoms with Gasteiger partial charge in [-0.3, -0.25) is 9.71 Å². The number of nitrogens with one attached hydrogen (secondary N) is 1. The van der Waals surface area contributed by atoms with Crippen LogP contribution >= 0.6 is 23.2 Å². The van der Waals surface area contributed by atoms with Gasteiger partial charge in [-0.1, -0.05) is 41.4 Å². The molecule has 0 saturated carbocycles. The number of halogens is 2. The Hall–Kier alpha value is -1.82. The van der Waals surface area contributed by atoms with Crippen molar-refractivity contribution in [1.29, 1.82) is 0 Å². The average Bonchev–Trinajstić information content (AvgIpc) is 2.46. The number of hydrogen-bond donors (Lipinski definition) is 1. The molecule has 0 spiro atoms. The summed E-state index contributed by atoms with van der Waals surface area (Å²) in [5, 5.41) is 1.27. The van der Waals surface area contributed by atoms with Crippen molar-refractivity contribution in [3.05, 3.63) is 64.8 Å². The summed E-state index contributed by atoms with van der Waals surface area (Å²) in [5.41, 5.74) is 1.15. The normalized spacial score (nSPS) is 11.5. The van der Waals surface area contributed by atoms with Crippen molar-refractivity contribution in [2.24, 2.45) is 0 Å². The summed E-state index contributed by atoms with van der Waals surface area (Å²) in [4.78, 5) is 4.18. The molecule has 3 rings (SSSR count). The Balaban J connectivity index is 1.99. The minimum Gasteiger partial charge on any atom is -0.278 e. The van der Waals surface area contributed by atoms with Crippen LogP contribution in [0.5, 0.6) is 0 Å². The molecule has 0 aliphatic rings. The first-order valence-corrected chi connectivity index (χ1v) is 8.52. The summed E-state index contributed by atoms with van der Waals surface area (Å²) < 4.78 is 27.3. The molecule has 3 aromatic rings. The van der Waals surface area contributed by atoms with Crippen molar-refractivity contribution >= 4 is 49.8 Å². The molecule has 2 aromatic carbocycles. The van der Waals surface area contributed by atoms with E-state index in [9.17, 15) is 8.42 Å². The largest absolute Gasteiger partial charge is 0.278 e. The second kappa shape index (κ2) is 5.76. The first-order valence-electron chi connectivity index (χ1n) is 6.28. The number of hydrogen-bond acceptors (Lipinski definition) is 3. The lowest BCUT2D eigenvalue weighted by Crippen LogP contribution is -2.13. The smallest absolute Gasteiger partial charge is 0.263 e. The minimum absolute atomic E-state index is 0.0354. The van der Waals surface area contributed by atoms with Gasteiger partial charge in [-0.05, 0) is 30.3 Å². The second-order valence-electron chi connectivity index (χ2n) is 4.60. The Morgan fingerprint density at radius 2 is 1.77 bits per heavy atom. The summed E-state index contributed by atoms with van der Waals surface area (Å²) in [6.45, 7) is 0. The predicted octanol–water partition coefficient (Wildman–Crippen LogP) is 4.34. The quantitative estimate of drug-likeness (QED) is 0.762. The Bertz CT molecular complexity index is 959. The molecule has 0 bridgehead atoms. The van der Waals surface area contributed by atoms with Crippen LogP contribution in [-0.2, 0) is 10.0 Å². The number of anilines is 1. The summed E-state index contributed by atoms with van der Waals surface area (Å²) in [6.07, 6.45) is 1.46. The van der Waals surface area contributed by atoms with Crippen LogP contribution in [0.25, 0.3) is 10.9 Å². The molecule has 0 saturated heterocycles. The van der Waals surface area contributed by atoms with E-state index in [1.54, 1.807) is 6.07 Å². The van der Waals surface area contributed by atoms with Gasteiger partial charge in [0.05, 0.1) is 22.4 Å². The van der Waals surface area contributed by atoms with Crippen LogP contribution in [0.15, 0.2) is 59.6 Å². The minimum atomic E-state index is -3.81. The molecule has 0 aliphatic heterocycles. The van der Waals surface area contributed by atoms with E-state index < -0.39 is 10.0 Å². The predicted molar refractivity (Wildman–Crippen MR) is 89.0 cm³/mol. The fraction of sp³-hybridized carbons (Fsp3) is 0. The zero-order valence-electron chi connectivity index (χ0n) is 11.1. The molecule has 0 aliphatic carbocycles. The lowest BCUT2D eigenvalue weighted by atomic mass is 10.2. The molecule has 0 unspecified atom stereocenters. The fourth-order valence-corrected chi connectivity index (χ4v) is 3.84. The van der Waals surface area contributed by atoms with Crippen LogP contribution < -0.4 is 4.72 Å². The molecule has 22 heavy (non-hydrogen) atoms. The lowest BCUT2D eigenvalue weighted by molar-refractivity contribution is 0.601. The number of aromatic nitrogens is 1. The lowest BCUT2D eigenvalue weighted by Gasteiger charge is -2.10. The van der Waals surface area contributed by atoms with Gasteiger partial charge in [0, 0.05) is 10.4 Å². The molecule has 112 valence electrons. The van der Waals surface area contributed by atoms with E-state index in [-0.39, 0.29) is 9.92 Å². The fourth-order valence-electron chi connectivity index (χ4n) is 2.03. The Morgan fingerprint density at radius 1 is 1.00 bits per heavy atom. The van der Waals surface area contributed by atoms with Gasteiger partial charge in [0.1, 0.15) is 4.90 Å². The molecule has 4 nitrogen and oxygen atoms in total. The van der Waals surface area contributed by atoms with Gasteiger partial charge >= 0.3 is 0 Å². The van der Waals surface area contributed by atoms with Gasteiger partial charge in [-0.15, -0.1) is 0 Å². The van der Waals surface area contributed by atoms with E-state index in [1.807, 2.05) is 24.3 Å². The van der Waals surface area contributed by atoms with Crippen molar-refractivity contribution < 1.29 is 8.42 Å². The maximum absolute atomic E-state index is 12.4. The zero-order valence-corrected chi connectivity index (χ0v) is 13.5. The topological polar surface area (TPSA) is 59.1 Å². The van der Waals surface area contributed by atoms with E-state index in [0.29, 0.717) is 10.7 Å². The van der Waals surface area contributed by atoms with E-state index in [1.165, 1.54) is 24.4 Å². The molecule has 7 heteroatoms. The maximum atomic E-state index is 12.4. The third-order valence-corrected chi connectivity index (χ3v) is 5.13. The van der Waals surface area contributed by atoms with Crippen LogP contribution in [0.2, 0.25) is 10.0 Å². The third-order valence-electron chi connectivity index (χ3n) is 3.03. The summed E-state index contributed by atoms with van der Waals surface area (Å²) in [7, 11) is -3.81. The van der Waals surface area contributed by atoms with Crippen LogP contribution in [0, 0.1) is 0 Å². The third kappa shape index (κ3) is 3.02. The molecule has 0 radical (unpaired) electrons. The van der Waals surface area contributed by atoms with E-state index in [2.05, 4.69) is 9.71 Å². The molecule has 1 aromatic heterocycles. The Labute approximate surface area is 137 Å². The first kappa shape index (κ1) is 15.1. The molecule has 0 amide bonds. The number of fused-ring (bicyclic) bond motifs is 1. The highest BCUT2D eigenvalue weighted by Crippen LogP contribution is 2.27. The van der Waals surface area contributed by atoms with Crippen molar-refractivity contribution in [2.45, 2.75) is 4.90 Å². The Kier molecular flexibility index (Phi) is 3.95. The van der Waals surface area contributed by atoms with Crippen LogP contribution in [0.1, 0.15) is 0 Å². The molecule has 0 atom stereocenters. The van der Waals surface area contributed by atoms with E-state index in [4.69, 9.17) is 23.2 Å². The maximum Gasteiger partial charge on any atom is 0.263 e. The highest BCUT2D eigenvalue weighted by atomic mass is 35.5. The van der Waals surface area contributed by atoms with Crippen molar-refractivity contribution in [3.8, 4) is 0 Å². The highest BCUT2D eigenvalue weighted by Gasteiger charge is 2.18. The SMILES string of the molecule is O=S(=O)(Nc1cnc2ccccc2c1)c1ccc(Cl)cc1Cl. The van der Waals surface area contributed by atoms with Crippen molar-refractivity contribution in [1.82, 2.24) is 4.98 Å². The highest BCUT2D eigenvalue weighted by molar-refractivity contribution is 7.92. The average molecular weight is 353 g/mol. The van der Waals surface area contributed by atoms with E-state index in [0.717, 1.165) is 10.9 Å². The van der Waals surface area contributed by atoms with Crippen molar-refractivity contribution in [3.63, 3.8) is 0 Å². The molecule has 1 N–H and O–H groups in total. The van der Waals surface area contributed by atoms with Gasteiger partial charge in [0.2, 0.25) is 0 Å². The zero-order chi connectivity index (χ0) is 15.7. The molecule has 1 heterocycles. The molecular formula is C15H10Cl2N2O2S. The van der Waals surface area contributed by atoms with Crippen LogP contribution in [-0.4, -0.2) is 13.4 Å². The van der Waals surface area contributed by atoms with Crippen LogP contribution in [0.3, 0.4) is 0 Å². The Morgan fingerprint density at radius 3 is 2.55 bits per heavy atom. The van der Waals surface area contributed by atoms with E-state index >= 15 is 0 Å². The number of benzene rings is 2. The van der Waals surface area contributed by atoms with Gasteiger partial charge in [0.15, 0.2) is 0 Å². The number of para-hydroxylation sites is 1. The first-order chi connectivity index (χ1) is 10.5. The number of pyridine rings is 1. The van der Waals surface area contributed by atoms with Crippen LogP contribution in [0.4, 0.5) is 5.69 Å².